The number of hydrogen-bond donors (Lipinski definition) is 3. The van der Waals surface area contributed by atoms with Gasteiger partial charge in [0.05, 0.1) is 0 Å². The van der Waals surface area contributed by atoms with Crippen LogP contribution in [0.1, 0.15) is 54.4 Å². The molecule has 0 spiro atoms. The molecule has 2 N–H and O–H groups in total. The first-order valence-corrected chi connectivity index (χ1v) is 7.50. The van der Waals surface area contributed by atoms with Crippen molar-refractivity contribution in [2.24, 2.45) is 4.30 Å². The molecule has 0 fully saturated rings. The molecule has 0 aliphatic heterocycles. The Kier molecular flexibility index (Phi) is 98.0. The van der Waals surface area contributed by atoms with Gasteiger partial charge in [-0.3, -0.25) is 0 Å². The summed E-state index contributed by atoms with van der Waals surface area (Å²) in [4.78, 5) is 0. The fraction of sp³-hybridized carbons (Fsp3) is 1.00. The summed E-state index contributed by atoms with van der Waals surface area (Å²) in [5.41, 5.74) is 0. The molecule has 3 nitrogen and oxygen atoms in total. The Balaban J connectivity index is -0.0000000367. The van der Waals surface area contributed by atoms with Gasteiger partial charge in [-0.25, -0.2) is 0 Å². The first kappa shape index (κ1) is 30.6. The van der Waals surface area contributed by atoms with Gasteiger partial charge in [-0.2, -0.15) is 0 Å². The molecule has 0 aromatic rings. The van der Waals surface area contributed by atoms with Gasteiger partial charge in [-0.05, 0) is 12.7 Å². The summed E-state index contributed by atoms with van der Waals surface area (Å²) in [6, 6.07) is 0. The molecule has 0 aliphatic carbocycles. The van der Waals surface area contributed by atoms with Crippen molar-refractivity contribution in [1.29, 1.82) is 0 Å². The Morgan fingerprint density at radius 1 is 1.18 bits per heavy atom. The van der Waals surface area contributed by atoms with E-state index in [0.717, 1.165) is 5.33 Å². The van der Waals surface area contributed by atoms with Crippen LogP contribution in [0.4, 0.5) is 0 Å². The first-order valence-electron chi connectivity index (χ1n) is 5.98. The van der Waals surface area contributed by atoms with Gasteiger partial charge in [0.1, 0.15) is 0 Å². The van der Waals surface area contributed by atoms with E-state index >= 15 is 0 Å². The zero-order valence-electron chi connectivity index (χ0n) is 12.1. The summed E-state index contributed by atoms with van der Waals surface area (Å²) in [7, 11) is 3.22. The molecule has 0 bridgehead atoms. The molecule has 0 saturated carbocycles. The van der Waals surface area contributed by atoms with E-state index < -0.39 is 7.12 Å². The molecule has 17 heavy (non-hydrogen) atoms. The zero-order valence-corrected chi connectivity index (χ0v) is 14.6. The molecular formula is C10H29B2BrNO2S. The molecule has 1 radical (unpaired) electrons. The molecule has 0 amide bonds. The monoisotopic (exact) mass is 328 g/mol. The second-order valence-corrected chi connectivity index (χ2v) is 3.42. The molecule has 0 rings (SSSR count). The Bertz CT molecular complexity index is 92.7. The summed E-state index contributed by atoms with van der Waals surface area (Å²) < 4.78 is 2.69. The van der Waals surface area contributed by atoms with Crippen molar-refractivity contribution in [3.63, 3.8) is 0 Å². The van der Waals surface area contributed by atoms with Crippen molar-refractivity contribution in [1.82, 2.24) is 0 Å². The average Bonchev–Trinajstić information content (AvgIpc) is 2.34. The van der Waals surface area contributed by atoms with E-state index in [9.17, 15) is 0 Å². The Labute approximate surface area is 124 Å². The second-order valence-electron chi connectivity index (χ2n) is 2.40. The summed E-state index contributed by atoms with van der Waals surface area (Å²) in [6.45, 7) is 12.1. The number of nitrogens with zero attached hydrogens (tertiary/aromatic N) is 1. The van der Waals surface area contributed by atoms with E-state index in [1.54, 1.807) is 6.92 Å². The van der Waals surface area contributed by atoms with Crippen LogP contribution in [0.2, 0.25) is 6.32 Å². The van der Waals surface area contributed by atoms with Crippen LogP contribution in [0.3, 0.4) is 0 Å². The molecule has 0 unspecified atom stereocenters. The van der Waals surface area contributed by atoms with Crippen molar-refractivity contribution in [3.8, 4) is 0 Å². The van der Waals surface area contributed by atoms with Crippen LogP contribution in [0.15, 0.2) is 4.30 Å². The van der Waals surface area contributed by atoms with Gasteiger partial charge in [0, 0.05) is 5.33 Å². The predicted octanol–water partition coefficient (Wildman–Crippen LogP) is 3.90. The summed E-state index contributed by atoms with van der Waals surface area (Å²) in [6.07, 6.45) is 2.90. The van der Waals surface area contributed by atoms with E-state index in [2.05, 4.69) is 61.5 Å². The maximum atomic E-state index is 7.92. The van der Waals surface area contributed by atoms with Gasteiger partial charge in [-0.15, -0.1) is 0 Å². The third-order valence-electron chi connectivity index (χ3n) is 0.554. The molecule has 105 valence electrons. The quantitative estimate of drug-likeness (QED) is 0.409. The van der Waals surface area contributed by atoms with E-state index in [0.29, 0.717) is 6.32 Å². The van der Waals surface area contributed by atoms with Crippen molar-refractivity contribution < 1.29 is 10.0 Å². The molecule has 0 aromatic carbocycles. The van der Waals surface area contributed by atoms with Gasteiger partial charge >= 0.3 is 31.9 Å². The second kappa shape index (κ2) is 54.4. The standard InChI is InChI=1S/C3H7Br.C3H8.C2H7BO2.C2H6.BHNS/c1-2-3-4;1-3-2;1-2-3(4)5;1-2;1-2-3/h2-3H2,1H3;3H2,1-2H3;4-5H,2H2,1H3;1-2H3;3H. The SMILES string of the molecule is CC.CCB(O)O.CCC.CCCBr.[B]=NS. The first-order chi connectivity index (χ1) is 8.01. The molecule has 7 heteroatoms. The predicted molar refractivity (Wildman–Crippen MR) is 89.2 cm³/mol. The zero-order chi connectivity index (χ0) is 15.1. The number of hydrogen-bond acceptors (Lipinski definition) is 4. The van der Waals surface area contributed by atoms with Crippen LogP contribution < -0.4 is 0 Å². The fourth-order valence-electron chi connectivity index (χ4n) is 0. The maximum absolute atomic E-state index is 7.92. The van der Waals surface area contributed by atoms with Gasteiger partial charge in [0.25, 0.3) is 0 Å². The van der Waals surface area contributed by atoms with Gasteiger partial charge in [0.2, 0.25) is 0 Å². The minimum atomic E-state index is -1.12. The van der Waals surface area contributed by atoms with Gasteiger partial charge in [0.15, 0.2) is 0 Å². The molecule has 0 atom stereocenters. The Morgan fingerprint density at radius 2 is 1.29 bits per heavy atom. The molecule has 0 aliphatic rings. The van der Waals surface area contributed by atoms with Crippen LogP contribution in [-0.4, -0.2) is 30.1 Å². The molecular weight excluding hydrogens is 300 g/mol. The summed E-state index contributed by atoms with van der Waals surface area (Å²) in [5, 5.41) is 17.0. The van der Waals surface area contributed by atoms with Crippen molar-refractivity contribution >= 4 is 43.5 Å². The minimum absolute atomic E-state index is 0.417. The van der Waals surface area contributed by atoms with E-state index in [1.165, 1.54) is 12.8 Å². The van der Waals surface area contributed by atoms with E-state index in [4.69, 9.17) is 10.0 Å². The van der Waals surface area contributed by atoms with Crippen LogP contribution in [-0.2, 0) is 0 Å². The Morgan fingerprint density at radius 3 is 1.29 bits per heavy atom. The third-order valence-corrected chi connectivity index (χ3v) is 1.35. The Hall–Kier alpha value is 0.680. The number of halogens is 1. The van der Waals surface area contributed by atoms with Gasteiger partial charge < -0.3 is 10.0 Å². The molecule has 0 aromatic heterocycles. The average molecular weight is 329 g/mol. The van der Waals surface area contributed by atoms with E-state index in [1.807, 2.05) is 13.8 Å². The van der Waals surface area contributed by atoms with Crippen LogP contribution >= 0.6 is 28.7 Å². The van der Waals surface area contributed by atoms with Crippen LogP contribution in [0.25, 0.3) is 0 Å². The fourth-order valence-corrected chi connectivity index (χ4v) is 0. The van der Waals surface area contributed by atoms with E-state index in [-0.39, 0.29) is 0 Å². The van der Waals surface area contributed by atoms with Crippen LogP contribution in [0, 0.1) is 0 Å². The normalized spacial score (nSPS) is 6.18. The van der Waals surface area contributed by atoms with Crippen molar-refractivity contribution in [3.05, 3.63) is 0 Å². The van der Waals surface area contributed by atoms with Crippen molar-refractivity contribution in [2.75, 3.05) is 5.33 Å². The number of alkyl halides is 1. The summed E-state index contributed by atoms with van der Waals surface area (Å²) in [5.74, 6) is 0. The molecule has 0 heterocycles. The third kappa shape index (κ3) is 265. The molecule has 0 saturated heterocycles. The van der Waals surface area contributed by atoms with Crippen molar-refractivity contribution in [2.45, 2.75) is 60.7 Å². The topological polar surface area (TPSA) is 52.8 Å². The number of rotatable bonds is 2. The summed E-state index contributed by atoms with van der Waals surface area (Å²) >= 11 is 6.44. The number of thiol groups is 1. The van der Waals surface area contributed by atoms with Crippen LogP contribution in [0.5, 0.6) is 0 Å². The van der Waals surface area contributed by atoms with Gasteiger partial charge in [-0.1, -0.05) is 63.9 Å².